The third-order valence-corrected chi connectivity index (χ3v) is 3.55. The molecule has 1 aromatic carbocycles. The maximum atomic E-state index is 12.1. The first-order chi connectivity index (χ1) is 9.58. The Bertz CT molecular complexity index is 468. The zero-order valence-electron chi connectivity index (χ0n) is 12.1. The fourth-order valence-electron chi connectivity index (χ4n) is 2.39. The summed E-state index contributed by atoms with van der Waals surface area (Å²) in [6.45, 7) is 3.85. The second kappa shape index (κ2) is 6.72. The van der Waals surface area contributed by atoms with E-state index in [2.05, 4.69) is 10.2 Å². The summed E-state index contributed by atoms with van der Waals surface area (Å²) in [5.74, 6) is 0.614. The van der Waals surface area contributed by atoms with Gasteiger partial charge in [0.1, 0.15) is 5.75 Å². The SMILES string of the molecule is COc1ccc(C)cc1NC(=O)CN1CCC(O)CC1. The molecule has 0 radical (unpaired) electrons. The number of carbonyl (C=O) groups excluding carboxylic acids is 1. The van der Waals surface area contributed by atoms with Gasteiger partial charge in [0.2, 0.25) is 5.91 Å². The normalized spacial score (nSPS) is 16.9. The van der Waals surface area contributed by atoms with Crippen LogP contribution < -0.4 is 10.1 Å². The van der Waals surface area contributed by atoms with Gasteiger partial charge in [0.05, 0.1) is 25.4 Å². The van der Waals surface area contributed by atoms with Crippen LogP contribution in [0.5, 0.6) is 5.75 Å². The molecular formula is C15H22N2O3. The predicted molar refractivity (Wildman–Crippen MR) is 78.0 cm³/mol. The summed E-state index contributed by atoms with van der Waals surface area (Å²) < 4.78 is 5.24. The Morgan fingerprint density at radius 2 is 2.15 bits per heavy atom. The van der Waals surface area contributed by atoms with Crippen LogP contribution >= 0.6 is 0 Å². The van der Waals surface area contributed by atoms with Crippen LogP contribution in [0, 0.1) is 6.92 Å². The Morgan fingerprint density at radius 3 is 2.80 bits per heavy atom. The number of nitrogens with one attached hydrogen (secondary N) is 1. The first-order valence-corrected chi connectivity index (χ1v) is 6.93. The van der Waals surface area contributed by atoms with Gasteiger partial charge in [-0.05, 0) is 37.5 Å². The van der Waals surface area contributed by atoms with Gasteiger partial charge in [-0.3, -0.25) is 9.69 Å². The number of aliphatic hydroxyl groups is 1. The van der Waals surface area contributed by atoms with Crippen molar-refractivity contribution in [2.75, 3.05) is 32.1 Å². The van der Waals surface area contributed by atoms with Crippen molar-refractivity contribution in [2.24, 2.45) is 0 Å². The zero-order chi connectivity index (χ0) is 14.5. The van der Waals surface area contributed by atoms with Gasteiger partial charge >= 0.3 is 0 Å². The van der Waals surface area contributed by atoms with Gasteiger partial charge in [-0.2, -0.15) is 0 Å². The number of likely N-dealkylation sites (tertiary alicyclic amines) is 1. The van der Waals surface area contributed by atoms with E-state index in [9.17, 15) is 9.90 Å². The maximum absolute atomic E-state index is 12.1. The molecule has 0 bridgehead atoms. The minimum atomic E-state index is -0.217. The topological polar surface area (TPSA) is 61.8 Å². The van der Waals surface area contributed by atoms with Crippen LogP contribution in [0.1, 0.15) is 18.4 Å². The molecule has 0 aromatic heterocycles. The van der Waals surface area contributed by atoms with E-state index in [4.69, 9.17) is 4.74 Å². The minimum Gasteiger partial charge on any atom is -0.495 e. The summed E-state index contributed by atoms with van der Waals surface area (Å²) >= 11 is 0. The number of amides is 1. The molecule has 1 amide bonds. The number of benzene rings is 1. The molecule has 0 unspecified atom stereocenters. The van der Waals surface area contributed by atoms with Crippen LogP contribution in [0.15, 0.2) is 18.2 Å². The highest BCUT2D eigenvalue weighted by molar-refractivity contribution is 5.93. The standard InChI is InChI=1S/C15H22N2O3/c1-11-3-4-14(20-2)13(9-11)16-15(19)10-17-7-5-12(18)6-8-17/h3-4,9,12,18H,5-8,10H2,1-2H3,(H,16,19). The van der Waals surface area contributed by atoms with Crippen LogP contribution in [0.25, 0.3) is 0 Å². The van der Waals surface area contributed by atoms with Crippen LogP contribution in [0.3, 0.4) is 0 Å². The second-order valence-corrected chi connectivity index (χ2v) is 5.26. The summed E-state index contributed by atoms with van der Waals surface area (Å²) in [7, 11) is 1.59. The van der Waals surface area contributed by atoms with Gasteiger partial charge in [-0.15, -0.1) is 0 Å². The van der Waals surface area contributed by atoms with E-state index in [0.717, 1.165) is 31.5 Å². The van der Waals surface area contributed by atoms with Gasteiger partial charge in [-0.1, -0.05) is 6.07 Å². The van der Waals surface area contributed by atoms with Crippen molar-refractivity contribution in [2.45, 2.75) is 25.9 Å². The third-order valence-electron chi connectivity index (χ3n) is 3.55. The maximum Gasteiger partial charge on any atom is 0.238 e. The summed E-state index contributed by atoms with van der Waals surface area (Å²) in [5, 5.41) is 12.3. The monoisotopic (exact) mass is 278 g/mol. The van der Waals surface area contributed by atoms with E-state index in [0.29, 0.717) is 18.0 Å². The lowest BCUT2D eigenvalue weighted by Gasteiger charge is -2.28. The van der Waals surface area contributed by atoms with Gasteiger partial charge in [-0.25, -0.2) is 0 Å². The number of hydrogen-bond acceptors (Lipinski definition) is 4. The number of nitrogens with zero attached hydrogens (tertiary/aromatic N) is 1. The molecule has 1 aromatic rings. The first kappa shape index (κ1) is 14.8. The molecule has 0 spiro atoms. The second-order valence-electron chi connectivity index (χ2n) is 5.26. The van der Waals surface area contributed by atoms with Crippen molar-refractivity contribution in [3.63, 3.8) is 0 Å². The third kappa shape index (κ3) is 3.95. The molecule has 5 heteroatoms. The van der Waals surface area contributed by atoms with Gasteiger partial charge in [0.15, 0.2) is 0 Å². The molecule has 20 heavy (non-hydrogen) atoms. The predicted octanol–water partition coefficient (Wildman–Crippen LogP) is 1.40. The van der Waals surface area contributed by atoms with Crippen LogP contribution in [0.4, 0.5) is 5.69 Å². The lowest BCUT2D eigenvalue weighted by Crippen LogP contribution is -2.40. The average Bonchev–Trinajstić information content (AvgIpc) is 2.41. The van der Waals surface area contributed by atoms with Crippen molar-refractivity contribution in [3.05, 3.63) is 23.8 Å². The van der Waals surface area contributed by atoms with Gasteiger partial charge < -0.3 is 15.2 Å². The van der Waals surface area contributed by atoms with E-state index in [1.54, 1.807) is 7.11 Å². The molecule has 1 heterocycles. The number of piperidine rings is 1. The van der Waals surface area contributed by atoms with Crippen molar-refractivity contribution in [1.29, 1.82) is 0 Å². The number of hydrogen-bond donors (Lipinski definition) is 2. The number of carbonyl (C=O) groups is 1. The molecule has 5 nitrogen and oxygen atoms in total. The molecule has 2 N–H and O–H groups in total. The Labute approximate surface area is 119 Å². The molecule has 1 saturated heterocycles. The number of methoxy groups -OCH3 is 1. The average molecular weight is 278 g/mol. The van der Waals surface area contributed by atoms with Gasteiger partial charge in [0, 0.05) is 13.1 Å². The largest absolute Gasteiger partial charge is 0.495 e. The van der Waals surface area contributed by atoms with Crippen LogP contribution in [-0.4, -0.2) is 48.8 Å². The Morgan fingerprint density at radius 1 is 1.45 bits per heavy atom. The van der Waals surface area contributed by atoms with E-state index >= 15 is 0 Å². The molecule has 0 atom stereocenters. The first-order valence-electron chi connectivity index (χ1n) is 6.93. The van der Waals surface area contributed by atoms with Crippen molar-refractivity contribution < 1.29 is 14.6 Å². The van der Waals surface area contributed by atoms with Gasteiger partial charge in [0.25, 0.3) is 0 Å². The Hall–Kier alpha value is -1.59. The lowest BCUT2D eigenvalue weighted by atomic mass is 10.1. The molecule has 1 aliphatic heterocycles. The minimum absolute atomic E-state index is 0.0507. The van der Waals surface area contributed by atoms with E-state index < -0.39 is 0 Å². The molecule has 1 aliphatic rings. The fourth-order valence-corrected chi connectivity index (χ4v) is 2.39. The molecule has 110 valence electrons. The van der Waals surface area contributed by atoms with E-state index in [1.165, 1.54) is 0 Å². The number of aliphatic hydroxyl groups excluding tert-OH is 1. The van der Waals surface area contributed by atoms with Crippen LogP contribution in [-0.2, 0) is 4.79 Å². The highest BCUT2D eigenvalue weighted by Crippen LogP contribution is 2.25. The van der Waals surface area contributed by atoms with Crippen LogP contribution in [0.2, 0.25) is 0 Å². The Balaban J connectivity index is 1.92. The summed E-state index contributed by atoms with van der Waals surface area (Å²) in [4.78, 5) is 14.1. The number of anilines is 1. The lowest BCUT2D eigenvalue weighted by molar-refractivity contribution is -0.117. The molecule has 0 saturated carbocycles. The molecule has 1 fully saturated rings. The molecule has 2 rings (SSSR count). The smallest absolute Gasteiger partial charge is 0.238 e. The summed E-state index contributed by atoms with van der Waals surface area (Å²) in [6, 6.07) is 5.69. The molecular weight excluding hydrogens is 256 g/mol. The van der Waals surface area contributed by atoms with Crippen molar-refractivity contribution >= 4 is 11.6 Å². The highest BCUT2D eigenvalue weighted by atomic mass is 16.5. The highest BCUT2D eigenvalue weighted by Gasteiger charge is 2.19. The number of aryl methyl sites for hydroxylation is 1. The quantitative estimate of drug-likeness (QED) is 0.874. The fraction of sp³-hybridized carbons (Fsp3) is 0.533. The van der Waals surface area contributed by atoms with Crippen molar-refractivity contribution in [3.8, 4) is 5.75 Å². The summed E-state index contributed by atoms with van der Waals surface area (Å²) in [6.07, 6.45) is 1.26. The number of rotatable bonds is 4. The summed E-state index contributed by atoms with van der Waals surface area (Å²) in [5.41, 5.74) is 1.77. The number of ether oxygens (including phenoxy) is 1. The van der Waals surface area contributed by atoms with E-state index in [-0.39, 0.29) is 12.0 Å². The Kier molecular flexibility index (Phi) is 4.98. The van der Waals surface area contributed by atoms with Crippen molar-refractivity contribution in [1.82, 2.24) is 4.90 Å². The zero-order valence-corrected chi connectivity index (χ0v) is 12.1. The van der Waals surface area contributed by atoms with E-state index in [1.807, 2.05) is 25.1 Å². The molecule has 0 aliphatic carbocycles.